The topological polar surface area (TPSA) is 102 Å². The van der Waals surface area contributed by atoms with E-state index in [1.165, 1.54) is 34.4 Å². The van der Waals surface area contributed by atoms with Gasteiger partial charge >= 0.3 is 0 Å². The Morgan fingerprint density at radius 1 is 1.06 bits per heavy atom. The summed E-state index contributed by atoms with van der Waals surface area (Å²) in [5, 5.41) is 17.4. The first-order valence-corrected chi connectivity index (χ1v) is 13.4. The molecule has 0 saturated heterocycles. The van der Waals surface area contributed by atoms with Crippen molar-refractivity contribution < 1.29 is 9.59 Å². The van der Waals surface area contributed by atoms with Gasteiger partial charge in [0.25, 0.3) is 5.91 Å². The number of hydrogen-bond acceptors (Lipinski definition) is 8. The van der Waals surface area contributed by atoms with E-state index in [-0.39, 0.29) is 24.1 Å². The Bertz CT molecular complexity index is 1460. The lowest BCUT2D eigenvalue weighted by Crippen LogP contribution is -2.24. The van der Waals surface area contributed by atoms with E-state index in [1.54, 1.807) is 6.07 Å². The number of thiazole rings is 1. The van der Waals surface area contributed by atoms with Gasteiger partial charge < -0.3 is 10.6 Å². The number of thiophene rings is 1. The van der Waals surface area contributed by atoms with Crippen LogP contribution in [-0.4, -0.2) is 37.3 Å². The monoisotopic (exact) mass is 520 g/mol. The minimum Gasteiger partial charge on any atom is -0.344 e. The Morgan fingerprint density at radius 2 is 1.94 bits per heavy atom. The van der Waals surface area contributed by atoms with Crippen molar-refractivity contribution in [2.45, 2.75) is 18.6 Å². The van der Waals surface area contributed by atoms with Gasteiger partial charge in [0.15, 0.2) is 16.1 Å². The molecule has 0 aliphatic carbocycles. The molecule has 2 aromatic carbocycles. The van der Waals surface area contributed by atoms with Gasteiger partial charge in [0, 0.05) is 5.69 Å². The second-order valence-corrected chi connectivity index (χ2v) is 10.5. The van der Waals surface area contributed by atoms with Crippen molar-refractivity contribution in [1.82, 2.24) is 25.1 Å². The van der Waals surface area contributed by atoms with Gasteiger partial charge in [0.1, 0.15) is 0 Å². The van der Waals surface area contributed by atoms with Crippen molar-refractivity contribution in [3.63, 3.8) is 0 Å². The summed E-state index contributed by atoms with van der Waals surface area (Å²) >= 11 is 4.09. The summed E-state index contributed by atoms with van der Waals surface area (Å²) in [4.78, 5) is 30.1. The van der Waals surface area contributed by atoms with Crippen molar-refractivity contribution in [2.24, 2.45) is 0 Å². The number of hydrogen-bond donors (Lipinski definition) is 2. The van der Waals surface area contributed by atoms with Gasteiger partial charge in [-0.2, -0.15) is 0 Å². The minimum absolute atomic E-state index is 0.140. The molecule has 0 aliphatic heterocycles. The maximum Gasteiger partial charge on any atom is 0.261 e. The van der Waals surface area contributed by atoms with Crippen molar-refractivity contribution in [3.8, 4) is 5.69 Å². The summed E-state index contributed by atoms with van der Waals surface area (Å²) in [6.07, 6.45) is 0. The molecule has 176 valence electrons. The van der Waals surface area contributed by atoms with E-state index in [9.17, 15) is 9.59 Å². The smallest absolute Gasteiger partial charge is 0.261 e. The van der Waals surface area contributed by atoms with Crippen LogP contribution in [0.5, 0.6) is 0 Å². The van der Waals surface area contributed by atoms with Crippen molar-refractivity contribution in [1.29, 1.82) is 0 Å². The Labute approximate surface area is 213 Å². The molecule has 3 aromatic heterocycles. The quantitative estimate of drug-likeness (QED) is 0.282. The maximum absolute atomic E-state index is 12.6. The Kier molecular flexibility index (Phi) is 6.89. The molecule has 11 heteroatoms. The largest absolute Gasteiger partial charge is 0.344 e. The predicted molar refractivity (Wildman–Crippen MR) is 141 cm³/mol. The van der Waals surface area contributed by atoms with Crippen LogP contribution in [0.1, 0.15) is 21.1 Å². The summed E-state index contributed by atoms with van der Waals surface area (Å²) < 4.78 is 2.89. The van der Waals surface area contributed by atoms with E-state index in [1.807, 2.05) is 71.5 Å². The number of anilines is 1. The van der Waals surface area contributed by atoms with Gasteiger partial charge in [-0.05, 0) is 48.2 Å². The molecule has 2 N–H and O–H groups in total. The highest BCUT2D eigenvalue weighted by Crippen LogP contribution is 2.27. The van der Waals surface area contributed by atoms with Crippen LogP contribution in [0.4, 0.5) is 5.13 Å². The van der Waals surface area contributed by atoms with Crippen LogP contribution in [0.25, 0.3) is 15.9 Å². The molecule has 0 saturated carbocycles. The van der Waals surface area contributed by atoms with Crippen molar-refractivity contribution >= 4 is 61.6 Å². The number of amides is 2. The number of fused-ring (bicyclic) bond motifs is 1. The highest BCUT2D eigenvalue weighted by atomic mass is 32.2. The number of benzene rings is 2. The van der Waals surface area contributed by atoms with Gasteiger partial charge in [0.05, 0.1) is 27.4 Å². The standard InChI is InChI=1S/C24H20N6O2S3/c1-15-6-4-7-16(12-15)30-20(13-25-22(32)19-10-5-11-33-19)28-29-24(30)34-14-21(31)27-23-26-17-8-2-3-9-18(17)35-23/h2-12H,13-14H2,1H3,(H,25,32)(H,26,27,31). The zero-order valence-electron chi connectivity index (χ0n) is 18.6. The molecule has 35 heavy (non-hydrogen) atoms. The Morgan fingerprint density at radius 3 is 2.74 bits per heavy atom. The number of para-hydroxylation sites is 1. The average Bonchev–Trinajstić information content (AvgIpc) is 3.60. The molecule has 0 radical (unpaired) electrons. The fourth-order valence-corrected chi connectivity index (χ4v) is 5.69. The van der Waals surface area contributed by atoms with Gasteiger partial charge in [0.2, 0.25) is 5.91 Å². The van der Waals surface area contributed by atoms with E-state index in [0.29, 0.717) is 21.0 Å². The van der Waals surface area contributed by atoms with E-state index >= 15 is 0 Å². The number of carbonyl (C=O) groups excluding carboxylic acids is 2. The first kappa shape index (κ1) is 23.2. The lowest BCUT2D eigenvalue weighted by atomic mass is 10.2. The molecule has 0 bridgehead atoms. The molecular weight excluding hydrogens is 501 g/mol. The number of rotatable bonds is 8. The number of aromatic nitrogens is 4. The van der Waals surface area contributed by atoms with Crippen LogP contribution in [0.3, 0.4) is 0 Å². The lowest BCUT2D eigenvalue weighted by Gasteiger charge is -2.11. The van der Waals surface area contributed by atoms with E-state index in [0.717, 1.165) is 21.5 Å². The summed E-state index contributed by atoms with van der Waals surface area (Å²) in [7, 11) is 0. The first-order valence-electron chi connectivity index (χ1n) is 10.7. The van der Waals surface area contributed by atoms with Crippen LogP contribution in [0.2, 0.25) is 0 Å². The third-order valence-corrected chi connectivity index (χ3v) is 7.73. The molecule has 3 heterocycles. The van der Waals surface area contributed by atoms with E-state index in [4.69, 9.17) is 0 Å². The molecule has 0 unspecified atom stereocenters. The number of thioether (sulfide) groups is 1. The summed E-state index contributed by atoms with van der Waals surface area (Å²) in [6.45, 7) is 2.21. The predicted octanol–water partition coefficient (Wildman–Crippen LogP) is 4.91. The molecule has 0 spiro atoms. The van der Waals surface area contributed by atoms with Crippen LogP contribution in [0, 0.1) is 6.92 Å². The molecule has 2 amide bonds. The highest BCUT2D eigenvalue weighted by molar-refractivity contribution is 7.99. The number of nitrogens with one attached hydrogen (secondary N) is 2. The lowest BCUT2D eigenvalue weighted by molar-refractivity contribution is -0.113. The van der Waals surface area contributed by atoms with Crippen molar-refractivity contribution in [2.75, 3.05) is 11.1 Å². The van der Waals surface area contributed by atoms with Crippen molar-refractivity contribution in [3.05, 3.63) is 82.3 Å². The number of nitrogens with zero attached hydrogens (tertiary/aromatic N) is 4. The Balaban J connectivity index is 1.31. The molecular formula is C24H20N6O2S3. The molecule has 5 aromatic rings. The first-order chi connectivity index (χ1) is 17.1. The fourth-order valence-electron chi connectivity index (χ4n) is 3.40. The Hall–Kier alpha value is -3.54. The average molecular weight is 521 g/mol. The van der Waals surface area contributed by atoms with E-state index in [2.05, 4.69) is 25.8 Å². The zero-order chi connectivity index (χ0) is 24.2. The van der Waals surface area contributed by atoms with Crippen LogP contribution in [0.15, 0.2) is 71.2 Å². The summed E-state index contributed by atoms with van der Waals surface area (Å²) in [5.74, 6) is 0.375. The van der Waals surface area contributed by atoms with E-state index < -0.39 is 0 Å². The second kappa shape index (κ2) is 10.4. The number of carbonyl (C=O) groups is 2. The van der Waals surface area contributed by atoms with Gasteiger partial charge in [-0.3, -0.25) is 14.2 Å². The fraction of sp³-hybridized carbons (Fsp3) is 0.125. The molecule has 0 fully saturated rings. The summed E-state index contributed by atoms with van der Waals surface area (Å²) in [5.41, 5.74) is 2.80. The van der Waals surface area contributed by atoms with Gasteiger partial charge in [-0.25, -0.2) is 4.98 Å². The molecule has 8 nitrogen and oxygen atoms in total. The van der Waals surface area contributed by atoms with Gasteiger partial charge in [-0.1, -0.05) is 53.4 Å². The third-order valence-electron chi connectivity index (χ3n) is 4.98. The minimum atomic E-state index is -0.180. The molecule has 0 atom stereocenters. The van der Waals surface area contributed by atoms with Crippen LogP contribution < -0.4 is 10.6 Å². The SMILES string of the molecule is Cc1cccc(-n2c(CNC(=O)c3cccs3)nnc2SCC(=O)Nc2nc3ccccc3s2)c1. The van der Waals surface area contributed by atoms with Gasteiger partial charge in [-0.15, -0.1) is 21.5 Å². The van der Waals surface area contributed by atoms with Crippen LogP contribution >= 0.6 is 34.4 Å². The molecule has 5 rings (SSSR count). The highest BCUT2D eigenvalue weighted by Gasteiger charge is 2.18. The zero-order valence-corrected chi connectivity index (χ0v) is 21.0. The maximum atomic E-state index is 12.6. The molecule has 0 aliphatic rings. The second-order valence-electron chi connectivity index (χ2n) is 7.56. The van der Waals surface area contributed by atoms with Crippen LogP contribution in [-0.2, 0) is 11.3 Å². The normalized spacial score (nSPS) is 11.0. The summed E-state index contributed by atoms with van der Waals surface area (Å²) in [6, 6.07) is 19.3. The number of aryl methyl sites for hydroxylation is 1. The third kappa shape index (κ3) is 5.42.